The maximum atomic E-state index is 10.2. The Labute approximate surface area is 175 Å². The maximum absolute atomic E-state index is 10.2. The van der Waals surface area contributed by atoms with Crippen molar-refractivity contribution in [1.82, 2.24) is 0 Å². The van der Waals surface area contributed by atoms with Gasteiger partial charge in [0.15, 0.2) is 0 Å². The van der Waals surface area contributed by atoms with Gasteiger partial charge in [-0.15, -0.1) is 0 Å². The molecule has 0 saturated heterocycles. The van der Waals surface area contributed by atoms with E-state index in [1.165, 1.54) is 0 Å². The second kappa shape index (κ2) is 8.21. The lowest BCUT2D eigenvalue weighted by Crippen LogP contribution is -1.96. The van der Waals surface area contributed by atoms with Crippen LogP contribution < -0.4 is 0 Å². The Morgan fingerprint density at radius 2 is 1.13 bits per heavy atom. The van der Waals surface area contributed by atoms with Crippen molar-refractivity contribution in [3.05, 3.63) is 96.1 Å². The summed E-state index contributed by atoms with van der Waals surface area (Å²) in [7, 11) is 0. The Kier molecular flexibility index (Phi) is 5.31. The number of phenols is 2. The van der Waals surface area contributed by atoms with Gasteiger partial charge in [-0.1, -0.05) is 54.6 Å². The van der Waals surface area contributed by atoms with E-state index in [0.717, 1.165) is 16.5 Å². The van der Waals surface area contributed by atoms with Crippen LogP contribution in [0.2, 0.25) is 0 Å². The number of fused-ring (bicyclic) bond motifs is 1. The average Bonchev–Trinajstić information content (AvgIpc) is 2.75. The molecule has 0 fully saturated rings. The van der Waals surface area contributed by atoms with E-state index in [1.54, 1.807) is 24.3 Å². The van der Waals surface area contributed by atoms with Gasteiger partial charge < -0.3 is 10.2 Å². The number of hydrogen-bond acceptors (Lipinski definition) is 4. The number of aliphatic imine (C=N–C) groups is 2. The molecule has 4 aromatic carbocycles. The summed E-state index contributed by atoms with van der Waals surface area (Å²) >= 11 is 0. The zero-order valence-electron chi connectivity index (χ0n) is 16.9. The fraction of sp³-hybridized carbons (Fsp3) is 0.0769. The summed E-state index contributed by atoms with van der Waals surface area (Å²) in [5.74, 6) is 0.379. The zero-order chi connectivity index (χ0) is 21.1. The minimum Gasteiger partial charge on any atom is -0.507 e. The van der Waals surface area contributed by atoms with Gasteiger partial charge in [-0.3, -0.25) is 9.98 Å². The normalized spacial score (nSPS) is 12.3. The molecule has 0 aliphatic heterocycles. The van der Waals surface area contributed by atoms with Crippen LogP contribution >= 0.6 is 0 Å². The minimum absolute atomic E-state index is 0.189. The molecule has 148 valence electrons. The molecule has 0 atom stereocenters. The lowest BCUT2D eigenvalue weighted by Gasteiger charge is -2.10. The third-order valence-corrected chi connectivity index (χ3v) is 5.03. The topological polar surface area (TPSA) is 65.2 Å². The van der Waals surface area contributed by atoms with E-state index in [4.69, 9.17) is 9.98 Å². The van der Waals surface area contributed by atoms with E-state index in [2.05, 4.69) is 0 Å². The molecule has 0 saturated carbocycles. The number of hydrogen-bond donors (Lipinski definition) is 2. The summed E-state index contributed by atoms with van der Waals surface area (Å²) in [4.78, 5) is 9.67. The predicted molar refractivity (Wildman–Crippen MR) is 124 cm³/mol. The standard InChI is InChI=1S/C26H22N2O2/c1-17(20-10-5-7-13-24(20)29)27-23-16-15-19-9-3-4-12-22(19)26(23)28-18(2)21-11-6-8-14-25(21)30/h3-16,29-30H,1-2H3. The molecule has 4 heteroatoms. The van der Waals surface area contributed by atoms with Gasteiger partial charge in [0.05, 0.1) is 11.4 Å². The Hall–Kier alpha value is -3.92. The molecule has 0 spiro atoms. The second-order valence-corrected chi connectivity index (χ2v) is 7.08. The highest BCUT2D eigenvalue weighted by atomic mass is 16.3. The summed E-state index contributed by atoms with van der Waals surface area (Å²) in [6, 6.07) is 26.3. The molecule has 0 aromatic heterocycles. The maximum Gasteiger partial charge on any atom is 0.124 e. The molecular formula is C26H22N2O2. The van der Waals surface area contributed by atoms with Crippen LogP contribution in [0.4, 0.5) is 11.4 Å². The first-order valence-electron chi connectivity index (χ1n) is 9.73. The summed E-state index contributed by atoms with van der Waals surface area (Å²) in [6.45, 7) is 3.74. The molecule has 4 aromatic rings. The molecule has 4 nitrogen and oxygen atoms in total. The third-order valence-electron chi connectivity index (χ3n) is 5.03. The van der Waals surface area contributed by atoms with Crippen LogP contribution in [0.5, 0.6) is 11.5 Å². The van der Waals surface area contributed by atoms with Crippen LogP contribution in [0.25, 0.3) is 10.8 Å². The van der Waals surface area contributed by atoms with E-state index in [-0.39, 0.29) is 11.5 Å². The van der Waals surface area contributed by atoms with Gasteiger partial charge in [0.25, 0.3) is 0 Å². The largest absolute Gasteiger partial charge is 0.507 e. The quantitative estimate of drug-likeness (QED) is 0.386. The molecule has 2 N–H and O–H groups in total. The van der Waals surface area contributed by atoms with Crippen LogP contribution in [-0.2, 0) is 0 Å². The van der Waals surface area contributed by atoms with Crippen LogP contribution in [0.1, 0.15) is 25.0 Å². The first-order chi connectivity index (χ1) is 14.5. The van der Waals surface area contributed by atoms with Crippen molar-refractivity contribution < 1.29 is 10.2 Å². The monoisotopic (exact) mass is 394 g/mol. The molecule has 0 aliphatic carbocycles. The third kappa shape index (κ3) is 3.80. The van der Waals surface area contributed by atoms with Gasteiger partial charge in [0.1, 0.15) is 11.5 Å². The van der Waals surface area contributed by atoms with Gasteiger partial charge in [0, 0.05) is 27.9 Å². The van der Waals surface area contributed by atoms with Crippen molar-refractivity contribution >= 4 is 33.6 Å². The highest BCUT2D eigenvalue weighted by molar-refractivity contribution is 6.09. The van der Waals surface area contributed by atoms with E-state index in [0.29, 0.717) is 28.2 Å². The Bertz CT molecular complexity index is 1290. The fourth-order valence-corrected chi connectivity index (χ4v) is 3.48. The first-order valence-corrected chi connectivity index (χ1v) is 9.73. The van der Waals surface area contributed by atoms with E-state index in [9.17, 15) is 10.2 Å². The Morgan fingerprint density at radius 3 is 1.77 bits per heavy atom. The molecule has 0 amide bonds. The number of phenolic OH excluding ortho intramolecular Hbond substituents is 2. The minimum atomic E-state index is 0.189. The fourth-order valence-electron chi connectivity index (χ4n) is 3.48. The average molecular weight is 394 g/mol. The number of aromatic hydroxyl groups is 2. The summed E-state index contributed by atoms with van der Waals surface area (Å²) in [5.41, 5.74) is 4.17. The number of rotatable bonds is 4. The number of para-hydroxylation sites is 2. The first kappa shape index (κ1) is 19.4. The van der Waals surface area contributed by atoms with Gasteiger partial charge in [0.2, 0.25) is 0 Å². The number of nitrogens with zero attached hydrogens (tertiary/aromatic N) is 2. The molecule has 4 rings (SSSR count). The summed E-state index contributed by atoms with van der Waals surface area (Å²) < 4.78 is 0. The van der Waals surface area contributed by atoms with E-state index in [1.807, 2.05) is 74.5 Å². The molecule has 0 radical (unpaired) electrons. The molecule has 0 heterocycles. The van der Waals surface area contributed by atoms with Crippen LogP contribution in [0.15, 0.2) is 94.9 Å². The zero-order valence-corrected chi connectivity index (χ0v) is 16.9. The summed E-state index contributed by atoms with van der Waals surface area (Å²) in [5, 5.41) is 22.4. The molecule has 0 bridgehead atoms. The van der Waals surface area contributed by atoms with Gasteiger partial charge in [-0.25, -0.2) is 0 Å². The Balaban J connectivity index is 1.92. The van der Waals surface area contributed by atoms with Crippen molar-refractivity contribution in [2.45, 2.75) is 13.8 Å². The van der Waals surface area contributed by atoms with Crippen molar-refractivity contribution in [2.75, 3.05) is 0 Å². The second-order valence-electron chi connectivity index (χ2n) is 7.08. The van der Waals surface area contributed by atoms with Crippen molar-refractivity contribution in [2.24, 2.45) is 9.98 Å². The highest BCUT2D eigenvalue weighted by Crippen LogP contribution is 2.37. The summed E-state index contributed by atoms with van der Waals surface area (Å²) in [6.07, 6.45) is 0. The van der Waals surface area contributed by atoms with Crippen LogP contribution in [0, 0.1) is 0 Å². The van der Waals surface area contributed by atoms with Crippen molar-refractivity contribution in [3.8, 4) is 11.5 Å². The molecule has 30 heavy (non-hydrogen) atoms. The Morgan fingerprint density at radius 1 is 0.600 bits per heavy atom. The number of benzene rings is 4. The van der Waals surface area contributed by atoms with E-state index >= 15 is 0 Å². The lowest BCUT2D eigenvalue weighted by atomic mass is 10.1. The van der Waals surface area contributed by atoms with Gasteiger partial charge in [-0.2, -0.15) is 0 Å². The van der Waals surface area contributed by atoms with E-state index < -0.39 is 0 Å². The molecule has 0 aliphatic rings. The van der Waals surface area contributed by atoms with Crippen LogP contribution in [-0.4, -0.2) is 21.6 Å². The lowest BCUT2D eigenvalue weighted by molar-refractivity contribution is 0.473. The smallest absolute Gasteiger partial charge is 0.124 e. The van der Waals surface area contributed by atoms with Crippen LogP contribution in [0.3, 0.4) is 0 Å². The highest BCUT2D eigenvalue weighted by Gasteiger charge is 2.11. The molecular weight excluding hydrogens is 372 g/mol. The SMILES string of the molecule is CC(=Nc1ccc2ccccc2c1N=C(C)c1ccccc1O)c1ccccc1O. The van der Waals surface area contributed by atoms with Gasteiger partial charge in [-0.05, 0) is 49.6 Å². The van der Waals surface area contributed by atoms with Gasteiger partial charge >= 0.3 is 0 Å². The van der Waals surface area contributed by atoms with Crippen molar-refractivity contribution in [1.29, 1.82) is 0 Å². The van der Waals surface area contributed by atoms with Crippen molar-refractivity contribution in [3.63, 3.8) is 0 Å². The molecule has 0 unspecified atom stereocenters. The predicted octanol–water partition coefficient (Wildman–Crippen LogP) is 6.53.